The lowest BCUT2D eigenvalue weighted by atomic mass is 10.1. The molecule has 1 heterocycles. The van der Waals surface area contributed by atoms with Crippen LogP contribution in [0, 0.1) is 0 Å². The first-order valence-electron chi connectivity index (χ1n) is 6.51. The first-order chi connectivity index (χ1) is 8.74. The normalized spacial score (nSPS) is 17.4. The molecule has 1 aromatic rings. The van der Waals surface area contributed by atoms with Gasteiger partial charge < -0.3 is 15.5 Å². The van der Waals surface area contributed by atoms with E-state index in [1.165, 1.54) is 0 Å². The van der Waals surface area contributed by atoms with Crippen LogP contribution in [0.3, 0.4) is 0 Å². The van der Waals surface area contributed by atoms with E-state index in [-0.39, 0.29) is 6.03 Å². The molecule has 2 N–H and O–H groups in total. The van der Waals surface area contributed by atoms with Gasteiger partial charge in [-0.3, -0.25) is 0 Å². The van der Waals surface area contributed by atoms with Gasteiger partial charge >= 0.3 is 6.03 Å². The number of benzene rings is 1. The standard InChI is InChI=1S/C14H21N3O/c1-17-9-7-13(8-10-17)16-14(18)15-11-12-5-3-2-4-6-12/h2-6,13H,7-11H2,1H3,(H2,15,16,18). The summed E-state index contributed by atoms with van der Waals surface area (Å²) in [5, 5.41) is 5.93. The van der Waals surface area contributed by atoms with Crippen molar-refractivity contribution in [2.45, 2.75) is 25.4 Å². The smallest absolute Gasteiger partial charge is 0.315 e. The number of urea groups is 1. The van der Waals surface area contributed by atoms with Crippen LogP contribution in [-0.2, 0) is 6.54 Å². The Kier molecular flexibility index (Phi) is 4.59. The Balaban J connectivity index is 1.69. The molecule has 2 rings (SSSR count). The first kappa shape index (κ1) is 12.9. The number of rotatable bonds is 3. The highest BCUT2D eigenvalue weighted by molar-refractivity contribution is 5.74. The molecular weight excluding hydrogens is 226 g/mol. The van der Waals surface area contributed by atoms with Crippen molar-refractivity contribution in [1.82, 2.24) is 15.5 Å². The summed E-state index contributed by atoms with van der Waals surface area (Å²) in [7, 11) is 2.12. The Hall–Kier alpha value is -1.55. The second kappa shape index (κ2) is 6.40. The molecule has 0 aliphatic carbocycles. The lowest BCUT2D eigenvalue weighted by Crippen LogP contribution is -2.46. The third-order valence-corrected chi connectivity index (χ3v) is 3.35. The van der Waals surface area contributed by atoms with Crippen molar-refractivity contribution in [3.63, 3.8) is 0 Å². The van der Waals surface area contributed by atoms with Gasteiger partial charge in [0.15, 0.2) is 0 Å². The number of nitrogens with zero attached hydrogens (tertiary/aromatic N) is 1. The molecule has 1 aliphatic rings. The maximum atomic E-state index is 11.7. The molecule has 1 aromatic carbocycles. The average molecular weight is 247 g/mol. The molecule has 0 bridgehead atoms. The van der Waals surface area contributed by atoms with E-state index in [0.717, 1.165) is 31.5 Å². The summed E-state index contributed by atoms with van der Waals surface area (Å²) in [5.41, 5.74) is 1.12. The fraction of sp³-hybridized carbons (Fsp3) is 0.500. The Labute approximate surface area is 108 Å². The van der Waals surface area contributed by atoms with Crippen LogP contribution >= 0.6 is 0 Å². The van der Waals surface area contributed by atoms with Gasteiger partial charge in [0, 0.05) is 12.6 Å². The maximum absolute atomic E-state index is 11.7. The summed E-state index contributed by atoms with van der Waals surface area (Å²) in [4.78, 5) is 14.0. The molecular formula is C14H21N3O. The van der Waals surface area contributed by atoms with Gasteiger partial charge in [0.05, 0.1) is 0 Å². The van der Waals surface area contributed by atoms with E-state index in [9.17, 15) is 4.79 Å². The summed E-state index contributed by atoms with van der Waals surface area (Å²) in [6.45, 7) is 2.70. The average Bonchev–Trinajstić information content (AvgIpc) is 2.40. The molecule has 18 heavy (non-hydrogen) atoms. The molecule has 0 unspecified atom stereocenters. The van der Waals surface area contributed by atoms with Gasteiger partial charge in [0.25, 0.3) is 0 Å². The van der Waals surface area contributed by atoms with Gasteiger partial charge in [-0.1, -0.05) is 30.3 Å². The Morgan fingerprint density at radius 3 is 2.61 bits per heavy atom. The summed E-state index contributed by atoms with van der Waals surface area (Å²) in [5.74, 6) is 0. The van der Waals surface area contributed by atoms with Crippen LogP contribution in [0.2, 0.25) is 0 Å². The van der Waals surface area contributed by atoms with Crippen molar-refractivity contribution in [2.24, 2.45) is 0 Å². The van der Waals surface area contributed by atoms with Crippen molar-refractivity contribution in [3.8, 4) is 0 Å². The highest BCUT2D eigenvalue weighted by Crippen LogP contribution is 2.07. The molecule has 4 nitrogen and oxygen atoms in total. The van der Waals surface area contributed by atoms with Gasteiger partial charge in [-0.2, -0.15) is 0 Å². The number of hydrogen-bond donors (Lipinski definition) is 2. The number of hydrogen-bond acceptors (Lipinski definition) is 2. The Bertz CT molecular complexity index is 372. The third-order valence-electron chi connectivity index (χ3n) is 3.35. The van der Waals surface area contributed by atoms with Crippen molar-refractivity contribution in [3.05, 3.63) is 35.9 Å². The van der Waals surface area contributed by atoms with E-state index in [0.29, 0.717) is 12.6 Å². The summed E-state index contributed by atoms with van der Waals surface area (Å²) in [6, 6.07) is 10.2. The molecule has 0 atom stereocenters. The molecule has 1 fully saturated rings. The highest BCUT2D eigenvalue weighted by atomic mass is 16.2. The zero-order valence-electron chi connectivity index (χ0n) is 10.9. The molecule has 0 spiro atoms. The van der Waals surface area contributed by atoms with Crippen LogP contribution in [0.4, 0.5) is 4.79 Å². The summed E-state index contributed by atoms with van der Waals surface area (Å²) in [6.07, 6.45) is 2.07. The molecule has 4 heteroatoms. The van der Waals surface area contributed by atoms with E-state index < -0.39 is 0 Å². The Morgan fingerprint density at radius 2 is 1.94 bits per heavy atom. The van der Waals surface area contributed by atoms with Crippen LogP contribution < -0.4 is 10.6 Å². The molecule has 0 aromatic heterocycles. The topological polar surface area (TPSA) is 44.4 Å². The predicted molar refractivity (Wildman–Crippen MR) is 72.3 cm³/mol. The van der Waals surface area contributed by atoms with Gasteiger partial charge in [0.2, 0.25) is 0 Å². The number of piperidine rings is 1. The minimum absolute atomic E-state index is 0.0617. The lowest BCUT2D eigenvalue weighted by Gasteiger charge is -2.29. The van der Waals surface area contributed by atoms with Crippen molar-refractivity contribution >= 4 is 6.03 Å². The molecule has 0 saturated carbocycles. The third kappa shape index (κ3) is 4.04. The highest BCUT2D eigenvalue weighted by Gasteiger charge is 2.17. The van der Waals surface area contributed by atoms with Crippen molar-refractivity contribution in [2.75, 3.05) is 20.1 Å². The lowest BCUT2D eigenvalue weighted by molar-refractivity contribution is 0.213. The number of carbonyl (C=O) groups is 1. The SMILES string of the molecule is CN1CCC(NC(=O)NCc2ccccc2)CC1. The number of carbonyl (C=O) groups excluding carboxylic acids is 1. The largest absolute Gasteiger partial charge is 0.335 e. The van der Waals surface area contributed by atoms with Gasteiger partial charge in [-0.15, -0.1) is 0 Å². The zero-order valence-corrected chi connectivity index (χ0v) is 10.9. The summed E-state index contributed by atoms with van der Waals surface area (Å²) >= 11 is 0. The molecule has 1 saturated heterocycles. The molecule has 98 valence electrons. The fourth-order valence-corrected chi connectivity index (χ4v) is 2.17. The monoisotopic (exact) mass is 247 g/mol. The minimum Gasteiger partial charge on any atom is -0.335 e. The van der Waals surface area contributed by atoms with Crippen molar-refractivity contribution in [1.29, 1.82) is 0 Å². The van der Waals surface area contributed by atoms with Crippen LogP contribution in [0.25, 0.3) is 0 Å². The van der Waals surface area contributed by atoms with Crippen molar-refractivity contribution < 1.29 is 4.79 Å². The van der Waals surface area contributed by atoms with E-state index >= 15 is 0 Å². The van der Waals surface area contributed by atoms with Gasteiger partial charge in [0.1, 0.15) is 0 Å². The van der Waals surface area contributed by atoms with E-state index in [4.69, 9.17) is 0 Å². The quantitative estimate of drug-likeness (QED) is 0.851. The van der Waals surface area contributed by atoms with Crippen LogP contribution in [0.15, 0.2) is 30.3 Å². The minimum atomic E-state index is -0.0617. The number of likely N-dealkylation sites (tertiary alicyclic amines) is 1. The number of amides is 2. The number of nitrogens with one attached hydrogen (secondary N) is 2. The van der Waals surface area contributed by atoms with Gasteiger partial charge in [-0.25, -0.2) is 4.79 Å². The van der Waals surface area contributed by atoms with Gasteiger partial charge in [-0.05, 0) is 38.5 Å². The van der Waals surface area contributed by atoms with E-state index in [2.05, 4.69) is 22.6 Å². The first-order valence-corrected chi connectivity index (χ1v) is 6.51. The van der Waals surface area contributed by atoms with Crippen LogP contribution in [0.5, 0.6) is 0 Å². The molecule has 1 aliphatic heterocycles. The summed E-state index contributed by atoms with van der Waals surface area (Å²) < 4.78 is 0. The Morgan fingerprint density at radius 1 is 1.28 bits per heavy atom. The maximum Gasteiger partial charge on any atom is 0.315 e. The second-order valence-electron chi connectivity index (χ2n) is 4.89. The predicted octanol–water partition coefficient (Wildman–Crippen LogP) is 1.58. The van der Waals surface area contributed by atoms with E-state index in [1.54, 1.807) is 0 Å². The molecule has 0 radical (unpaired) electrons. The van der Waals surface area contributed by atoms with Crippen LogP contribution in [0.1, 0.15) is 18.4 Å². The molecule has 2 amide bonds. The van der Waals surface area contributed by atoms with E-state index in [1.807, 2.05) is 30.3 Å². The second-order valence-corrected chi connectivity index (χ2v) is 4.89. The zero-order chi connectivity index (χ0) is 12.8. The van der Waals surface area contributed by atoms with Crippen LogP contribution in [-0.4, -0.2) is 37.1 Å². The fourth-order valence-electron chi connectivity index (χ4n) is 2.17.